The quantitative estimate of drug-likeness (QED) is 0.628. The molecule has 0 bridgehead atoms. The van der Waals surface area contributed by atoms with Crippen molar-refractivity contribution in [1.82, 2.24) is 9.55 Å². The number of carbonyl (C=O) groups excluding carboxylic acids is 2. The molecule has 0 spiro atoms. The van der Waals surface area contributed by atoms with Crippen LogP contribution in [0.15, 0.2) is 67.3 Å². The van der Waals surface area contributed by atoms with E-state index in [2.05, 4.69) is 10.3 Å². The molecule has 1 unspecified atom stereocenters. The number of anilines is 2. The van der Waals surface area contributed by atoms with Gasteiger partial charge >= 0.3 is 0 Å². The minimum absolute atomic E-state index is 0.0951. The summed E-state index contributed by atoms with van der Waals surface area (Å²) in [5.74, 6) is -0.168. The fourth-order valence-electron chi connectivity index (χ4n) is 3.39. The first-order chi connectivity index (χ1) is 14.6. The second-order valence-electron chi connectivity index (χ2n) is 7.02. The van der Waals surface area contributed by atoms with Crippen LogP contribution < -0.4 is 15.0 Å². The van der Waals surface area contributed by atoms with Gasteiger partial charge in [0.15, 0.2) is 0 Å². The SMILES string of the molecule is O=C(Nc1ccccc1OCCn1ccnc1)C1CC(=O)N(c2cccc(Cl)c2)C1. The van der Waals surface area contributed by atoms with E-state index in [0.717, 1.165) is 0 Å². The summed E-state index contributed by atoms with van der Waals surface area (Å²) >= 11 is 6.03. The first-order valence-electron chi connectivity index (χ1n) is 9.64. The average Bonchev–Trinajstić information content (AvgIpc) is 3.39. The molecule has 1 aliphatic heterocycles. The van der Waals surface area contributed by atoms with E-state index in [0.29, 0.717) is 41.8 Å². The number of aromatic nitrogens is 2. The molecule has 0 saturated carbocycles. The van der Waals surface area contributed by atoms with Crippen LogP contribution in [-0.4, -0.2) is 34.5 Å². The van der Waals surface area contributed by atoms with Crippen LogP contribution in [0.1, 0.15) is 6.42 Å². The van der Waals surface area contributed by atoms with Gasteiger partial charge < -0.3 is 19.5 Å². The molecule has 1 aromatic heterocycles. The summed E-state index contributed by atoms with van der Waals surface area (Å²) in [6.07, 6.45) is 5.45. The molecule has 0 aliphatic carbocycles. The monoisotopic (exact) mass is 424 g/mol. The van der Waals surface area contributed by atoms with Crippen molar-refractivity contribution < 1.29 is 14.3 Å². The highest BCUT2D eigenvalue weighted by Crippen LogP contribution is 2.29. The van der Waals surface area contributed by atoms with Gasteiger partial charge in [0.05, 0.1) is 24.5 Å². The number of nitrogens with zero attached hydrogens (tertiary/aromatic N) is 3. The highest BCUT2D eigenvalue weighted by atomic mass is 35.5. The first-order valence-corrected chi connectivity index (χ1v) is 10.0. The zero-order valence-electron chi connectivity index (χ0n) is 16.2. The van der Waals surface area contributed by atoms with Crippen molar-refractivity contribution in [3.63, 3.8) is 0 Å². The number of halogens is 1. The van der Waals surface area contributed by atoms with Crippen LogP contribution in [0.4, 0.5) is 11.4 Å². The number of benzene rings is 2. The summed E-state index contributed by atoms with van der Waals surface area (Å²) in [4.78, 5) is 30.9. The Hall–Kier alpha value is -3.32. The second-order valence-corrected chi connectivity index (χ2v) is 7.46. The van der Waals surface area contributed by atoms with E-state index >= 15 is 0 Å². The third-order valence-corrected chi connectivity index (χ3v) is 5.16. The van der Waals surface area contributed by atoms with Crippen molar-refractivity contribution in [2.75, 3.05) is 23.4 Å². The second kappa shape index (κ2) is 9.00. The van der Waals surface area contributed by atoms with Crippen LogP contribution in [-0.2, 0) is 16.1 Å². The molecule has 2 heterocycles. The highest BCUT2D eigenvalue weighted by molar-refractivity contribution is 6.31. The fraction of sp³-hybridized carbons (Fsp3) is 0.227. The minimum atomic E-state index is -0.449. The standard InChI is InChI=1S/C22H21ClN4O3/c23-17-4-3-5-18(13-17)27-14-16(12-21(27)28)22(29)25-19-6-1-2-7-20(19)30-11-10-26-9-8-24-15-26/h1-9,13,15-16H,10-12,14H2,(H,25,29). The van der Waals surface area contributed by atoms with Gasteiger partial charge in [-0.3, -0.25) is 9.59 Å². The van der Waals surface area contributed by atoms with E-state index in [1.165, 1.54) is 0 Å². The molecule has 3 aromatic rings. The number of ether oxygens (including phenoxy) is 1. The lowest BCUT2D eigenvalue weighted by atomic mass is 10.1. The van der Waals surface area contributed by atoms with E-state index in [4.69, 9.17) is 16.3 Å². The molecule has 0 radical (unpaired) electrons. The zero-order valence-corrected chi connectivity index (χ0v) is 17.0. The fourth-order valence-corrected chi connectivity index (χ4v) is 3.57. The number of amides is 2. The van der Waals surface area contributed by atoms with Gasteiger partial charge in [-0.05, 0) is 30.3 Å². The van der Waals surface area contributed by atoms with Crippen molar-refractivity contribution in [1.29, 1.82) is 0 Å². The average molecular weight is 425 g/mol. The Morgan fingerprint density at radius 1 is 1.23 bits per heavy atom. The summed E-state index contributed by atoms with van der Waals surface area (Å²) in [5, 5.41) is 3.46. The number of hydrogen-bond donors (Lipinski definition) is 1. The molecule has 1 aliphatic rings. The lowest BCUT2D eigenvalue weighted by Crippen LogP contribution is -2.28. The minimum Gasteiger partial charge on any atom is -0.490 e. The number of hydrogen-bond acceptors (Lipinski definition) is 4. The molecule has 1 fully saturated rings. The molecule has 4 rings (SSSR count). The smallest absolute Gasteiger partial charge is 0.229 e. The number of nitrogens with one attached hydrogen (secondary N) is 1. The lowest BCUT2D eigenvalue weighted by Gasteiger charge is -2.17. The summed E-state index contributed by atoms with van der Waals surface area (Å²) < 4.78 is 7.76. The molecule has 1 saturated heterocycles. The van der Waals surface area contributed by atoms with Crippen LogP contribution >= 0.6 is 11.6 Å². The molecule has 8 heteroatoms. The lowest BCUT2D eigenvalue weighted by molar-refractivity contribution is -0.122. The van der Waals surface area contributed by atoms with E-state index in [1.54, 1.807) is 41.7 Å². The third kappa shape index (κ3) is 4.63. The summed E-state index contributed by atoms with van der Waals surface area (Å²) in [5.41, 5.74) is 1.29. The summed E-state index contributed by atoms with van der Waals surface area (Å²) in [6, 6.07) is 14.3. The molecule has 7 nitrogen and oxygen atoms in total. The maximum atomic E-state index is 12.8. The molecule has 30 heavy (non-hydrogen) atoms. The maximum Gasteiger partial charge on any atom is 0.229 e. The van der Waals surface area contributed by atoms with E-state index in [-0.39, 0.29) is 18.2 Å². The number of para-hydroxylation sites is 2. The van der Waals surface area contributed by atoms with Crippen LogP contribution in [0.5, 0.6) is 5.75 Å². The van der Waals surface area contributed by atoms with E-state index < -0.39 is 5.92 Å². The van der Waals surface area contributed by atoms with Crippen LogP contribution in [0, 0.1) is 5.92 Å². The molecule has 2 aromatic carbocycles. The topological polar surface area (TPSA) is 76.5 Å². The zero-order chi connectivity index (χ0) is 20.9. The molecule has 1 N–H and O–H groups in total. The summed E-state index contributed by atoms with van der Waals surface area (Å²) in [7, 11) is 0. The Morgan fingerprint density at radius 3 is 2.90 bits per heavy atom. The largest absolute Gasteiger partial charge is 0.490 e. The third-order valence-electron chi connectivity index (χ3n) is 4.93. The van der Waals surface area contributed by atoms with Crippen molar-refractivity contribution in [2.45, 2.75) is 13.0 Å². The van der Waals surface area contributed by atoms with Crippen LogP contribution in [0.2, 0.25) is 5.02 Å². The van der Waals surface area contributed by atoms with Crippen LogP contribution in [0.3, 0.4) is 0 Å². The molecule has 2 amide bonds. The molecular formula is C22H21ClN4O3. The first kappa shape index (κ1) is 20.0. The van der Waals surface area contributed by atoms with Gasteiger partial charge in [-0.2, -0.15) is 0 Å². The van der Waals surface area contributed by atoms with E-state index in [1.807, 2.05) is 35.0 Å². The number of rotatable bonds is 7. The van der Waals surface area contributed by atoms with Gasteiger partial charge in [0.2, 0.25) is 11.8 Å². The van der Waals surface area contributed by atoms with Crippen molar-refractivity contribution in [3.05, 3.63) is 72.3 Å². The predicted octanol–water partition coefficient (Wildman–Crippen LogP) is 3.61. The van der Waals surface area contributed by atoms with Gasteiger partial charge in [-0.15, -0.1) is 0 Å². The Morgan fingerprint density at radius 2 is 2.10 bits per heavy atom. The normalized spacial score (nSPS) is 16.0. The van der Waals surface area contributed by atoms with Crippen LogP contribution in [0.25, 0.3) is 0 Å². The van der Waals surface area contributed by atoms with Crippen molar-refractivity contribution >= 4 is 34.8 Å². The van der Waals surface area contributed by atoms with Gasteiger partial charge in [0.1, 0.15) is 12.4 Å². The molecule has 1 atom stereocenters. The highest BCUT2D eigenvalue weighted by Gasteiger charge is 2.35. The number of imidazole rings is 1. The Bertz CT molecular complexity index is 1040. The Balaban J connectivity index is 1.38. The molecule has 154 valence electrons. The van der Waals surface area contributed by atoms with Gasteiger partial charge in [-0.1, -0.05) is 29.8 Å². The van der Waals surface area contributed by atoms with Crippen molar-refractivity contribution in [3.8, 4) is 5.75 Å². The van der Waals surface area contributed by atoms with Gasteiger partial charge in [0.25, 0.3) is 0 Å². The predicted molar refractivity (Wildman–Crippen MR) is 115 cm³/mol. The van der Waals surface area contributed by atoms with E-state index in [9.17, 15) is 9.59 Å². The molecular weight excluding hydrogens is 404 g/mol. The van der Waals surface area contributed by atoms with Gasteiger partial charge in [0, 0.05) is 36.1 Å². The Labute approximate surface area is 179 Å². The number of carbonyl (C=O) groups is 2. The van der Waals surface area contributed by atoms with Crippen molar-refractivity contribution in [2.24, 2.45) is 5.92 Å². The Kier molecular flexibility index (Phi) is 5.99. The maximum absolute atomic E-state index is 12.8. The van der Waals surface area contributed by atoms with Gasteiger partial charge in [-0.25, -0.2) is 4.98 Å². The summed E-state index contributed by atoms with van der Waals surface area (Å²) in [6.45, 7) is 1.40.